The lowest BCUT2D eigenvalue weighted by Crippen LogP contribution is -2.15. The van der Waals surface area contributed by atoms with Gasteiger partial charge in [0.05, 0.1) is 16.9 Å². The molecule has 20 heavy (non-hydrogen) atoms. The van der Waals surface area contributed by atoms with Crippen LogP contribution >= 0.6 is 34.2 Å². The van der Waals surface area contributed by atoms with E-state index in [2.05, 4.69) is 38.2 Å². The van der Waals surface area contributed by atoms with Crippen LogP contribution in [0.4, 0.5) is 11.4 Å². The summed E-state index contributed by atoms with van der Waals surface area (Å²) in [5, 5.41) is 6.50. The third-order valence-electron chi connectivity index (χ3n) is 2.73. The lowest BCUT2D eigenvalue weighted by atomic mass is 10.2. The summed E-state index contributed by atoms with van der Waals surface area (Å²) < 4.78 is 0.884. The second-order valence-corrected chi connectivity index (χ2v) is 5.80. The quantitative estimate of drug-likeness (QED) is 0.766. The largest absolute Gasteiger partial charge is 0.387 e. The molecule has 0 aliphatic carbocycles. The standard InChI is InChI=1S/C14H13ClIN3O/c1-8-5-13(17-2)10(7-18-8)14(20)19-12-4-3-9(15)6-11(12)16/h3-7H,1-2H3,(H,17,18)(H,19,20). The fourth-order valence-electron chi connectivity index (χ4n) is 1.73. The van der Waals surface area contributed by atoms with Crippen molar-refractivity contribution in [1.82, 2.24) is 4.98 Å². The summed E-state index contributed by atoms with van der Waals surface area (Å²) >= 11 is 8.03. The van der Waals surface area contributed by atoms with Crippen LogP contribution in [0.5, 0.6) is 0 Å². The molecule has 0 radical (unpaired) electrons. The Morgan fingerprint density at radius 3 is 2.70 bits per heavy atom. The highest BCUT2D eigenvalue weighted by Gasteiger charge is 2.13. The zero-order valence-electron chi connectivity index (χ0n) is 11.0. The Hall–Kier alpha value is -1.34. The van der Waals surface area contributed by atoms with Crippen molar-refractivity contribution in [2.24, 2.45) is 0 Å². The molecule has 1 aromatic carbocycles. The van der Waals surface area contributed by atoms with E-state index in [1.54, 1.807) is 31.4 Å². The summed E-state index contributed by atoms with van der Waals surface area (Å²) in [4.78, 5) is 16.5. The number of carbonyl (C=O) groups is 1. The molecular formula is C14H13ClIN3O. The summed E-state index contributed by atoms with van der Waals surface area (Å²) in [6.07, 6.45) is 1.57. The number of rotatable bonds is 3. The van der Waals surface area contributed by atoms with E-state index in [0.29, 0.717) is 10.6 Å². The molecule has 104 valence electrons. The van der Waals surface area contributed by atoms with Gasteiger partial charge in [-0.25, -0.2) is 0 Å². The van der Waals surface area contributed by atoms with Crippen molar-refractivity contribution in [1.29, 1.82) is 0 Å². The molecule has 1 heterocycles. The predicted molar refractivity (Wildman–Crippen MR) is 90.6 cm³/mol. The van der Waals surface area contributed by atoms with Gasteiger partial charge in [-0.3, -0.25) is 9.78 Å². The molecule has 0 aliphatic rings. The molecule has 1 aromatic heterocycles. The first-order valence-corrected chi connectivity index (χ1v) is 7.37. The van der Waals surface area contributed by atoms with E-state index in [1.807, 2.05) is 13.0 Å². The Kier molecular flexibility index (Phi) is 4.82. The molecular weight excluding hydrogens is 389 g/mol. The topological polar surface area (TPSA) is 54.0 Å². The molecule has 0 spiro atoms. The van der Waals surface area contributed by atoms with E-state index in [4.69, 9.17) is 11.6 Å². The summed E-state index contributed by atoms with van der Waals surface area (Å²) in [7, 11) is 1.78. The first kappa shape index (κ1) is 15.1. The van der Waals surface area contributed by atoms with Crippen LogP contribution in [0, 0.1) is 10.5 Å². The van der Waals surface area contributed by atoms with Crippen LogP contribution in [0.3, 0.4) is 0 Å². The van der Waals surface area contributed by atoms with Crippen molar-refractivity contribution in [3.8, 4) is 0 Å². The molecule has 6 heteroatoms. The number of benzene rings is 1. The minimum absolute atomic E-state index is 0.206. The van der Waals surface area contributed by atoms with Crippen LogP contribution in [0.1, 0.15) is 16.1 Å². The highest BCUT2D eigenvalue weighted by molar-refractivity contribution is 14.1. The SMILES string of the molecule is CNc1cc(C)ncc1C(=O)Nc1ccc(Cl)cc1I. The van der Waals surface area contributed by atoms with E-state index < -0.39 is 0 Å². The van der Waals surface area contributed by atoms with Crippen molar-refractivity contribution in [3.05, 3.63) is 50.3 Å². The number of halogens is 2. The van der Waals surface area contributed by atoms with E-state index in [0.717, 1.165) is 20.6 Å². The first-order chi connectivity index (χ1) is 9.51. The second kappa shape index (κ2) is 6.41. The summed E-state index contributed by atoms with van der Waals surface area (Å²) in [5.74, 6) is -0.206. The zero-order chi connectivity index (χ0) is 14.7. The van der Waals surface area contributed by atoms with Gasteiger partial charge in [0.15, 0.2) is 0 Å². The third-order valence-corrected chi connectivity index (χ3v) is 3.86. The zero-order valence-corrected chi connectivity index (χ0v) is 13.9. The van der Waals surface area contributed by atoms with Gasteiger partial charge in [0.2, 0.25) is 0 Å². The Bertz CT molecular complexity index is 661. The number of nitrogens with one attached hydrogen (secondary N) is 2. The molecule has 4 nitrogen and oxygen atoms in total. The Labute approximate surface area is 136 Å². The summed E-state index contributed by atoms with van der Waals surface area (Å²) in [6.45, 7) is 1.88. The smallest absolute Gasteiger partial charge is 0.259 e. The van der Waals surface area contributed by atoms with Crippen molar-refractivity contribution < 1.29 is 4.79 Å². The summed E-state index contributed by atoms with van der Waals surface area (Å²) in [6, 6.07) is 7.15. The maximum atomic E-state index is 12.3. The number of hydrogen-bond acceptors (Lipinski definition) is 3. The number of hydrogen-bond donors (Lipinski definition) is 2. The van der Waals surface area contributed by atoms with Crippen LogP contribution in [-0.4, -0.2) is 17.9 Å². The van der Waals surface area contributed by atoms with Gasteiger partial charge in [0.1, 0.15) is 0 Å². The Morgan fingerprint density at radius 1 is 1.30 bits per heavy atom. The number of aromatic nitrogens is 1. The number of carbonyl (C=O) groups excluding carboxylic acids is 1. The molecule has 0 atom stereocenters. The third kappa shape index (κ3) is 3.40. The number of nitrogens with zero attached hydrogens (tertiary/aromatic N) is 1. The fourth-order valence-corrected chi connectivity index (χ4v) is 2.73. The fraction of sp³-hybridized carbons (Fsp3) is 0.143. The van der Waals surface area contributed by atoms with Gasteiger partial charge in [-0.15, -0.1) is 0 Å². The Balaban J connectivity index is 2.28. The molecule has 1 amide bonds. The van der Waals surface area contributed by atoms with Crippen LogP contribution < -0.4 is 10.6 Å². The number of aryl methyl sites for hydroxylation is 1. The van der Waals surface area contributed by atoms with Crippen LogP contribution in [-0.2, 0) is 0 Å². The molecule has 0 aliphatic heterocycles. The maximum absolute atomic E-state index is 12.3. The normalized spacial score (nSPS) is 10.2. The number of amides is 1. The average Bonchev–Trinajstić information content (AvgIpc) is 2.41. The van der Waals surface area contributed by atoms with Crippen molar-refractivity contribution in [2.45, 2.75) is 6.92 Å². The maximum Gasteiger partial charge on any atom is 0.259 e. The van der Waals surface area contributed by atoms with Crippen LogP contribution in [0.15, 0.2) is 30.5 Å². The summed E-state index contributed by atoms with van der Waals surface area (Å²) in [5.41, 5.74) is 2.83. The highest BCUT2D eigenvalue weighted by Crippen LogP contribution is 2.24. The van der Waals surface area contributed by atoms with Gasteiger partial charge in [-0.1, -0.05) is 11.6 Å². The van der Waals surface area contributed by atoms with Crippen molar-refractivity contribution in [2.75, 3.05) is 17.7 Å². The lowest BCUT2D eigenvalue weighted by molar-refractivity contribution is 0.102. The lowest BCUT2D eigenvalue weighted by Gasteiger charge is -2.11. The molecule has 0 bridgehead atoms. The molecule has 2 N–H and O–H groups in total. The first-order valence-electron chi connectivity index (χ1n) is 5.92. The molecule has 0 saturated heterocycles. The van der Waals surface area contributed by atoms with Crippen LogP contribution in [0.2, 0.25) is 5.02 Å². The van der Waals surface area contributed by atoms with Gasteiger partial charge >= 0.3 is 0 Å². The number of anilines is 2. The molecule has 2 aromatic rings. The molecule has 0 fully saturated rings. The van der Waals surface area contributed by atoms with Gasteiger partial charge in [-0.2, -0.15) is 0 Å². The van der Waals surface area contributed by atoms with Gasteiger partial charge in [0.25, 0.3) is 5.91 Å². The Morgan fingerprint density at radius 2 is 2.05 bits per heavy atom. The minimum atomic E-state index is -0.206. The van der Waals surface area contributed by atoms with E-state index in [-0.39, 0.29) is 5.91 Å². The van der Waals surface area contributed by atoms with Crippen LogP contribution in [0.25, 0.3) is 0 Å². The molecule has 2 rings (SSSR count). The second-order valence-electron chi connectivity index (χ2n) is 4.20. The van der Waals surface area contributed by atoms with Crippen molar-refractivity contribution in [3.63, 3.8) is 0 Å². The predicted octanol–water partition coefficient (Wildman–Crippen LogP) is 3.94. The van der Waals surface area contributed by atoms with E-state index >= 15 is 0 Å². The minimum Gasteiger partial charge on any atom is -0.387 e. The van der Waals surface area contributed by atoms with E-state index in [1.165, 1.54) is 0 Å². The highest BCUT2D eigenvalue weighted by atomic mass is 127. The molecule has 0 unspecified atom stereocenters. The van der Waals surface area contributed by atoms with Gasteiger partial charge in [0, 0.05) is 27.5 Å². The van der Waals surface area contributed by atoms with Gasteiger partial charge in [-0.05, 0) is 53.8 Å². The molecule has 0 saturated carbocycles. The van der Waals surface area contributed by atoms with Gasteiger partial charge < -0.3 is 10.6 Å². The number of pyridine rings is 1. The van der Waals surface area contributed by atoms with Crippen molar-refractivity contribution >= 4 is 51.5 Å². The average molecular weight is 402 g/mol. The van der Waals surface area contributed by atoms with E-state index in [9.17, 15) is 4.79 Å². The monoisotopic (exact) mass is 401 g/mol.